The predicted octanol–water partition coefficient (Wildman–Crippen LogP) is 2.85. The van der Waals surface area contributed by atoms with E-state index in [4.69, 9.17) is 9.94 Å². The van der Waals surface area contributed by atoms with E-state index in [1.54, 1.807) is 23.6 Å². The summed E-state index contributed by atoms with van der Waals surface area (Å²) in [6, 6.07) is 11.9. The highest BCUT2D eigenvalue weighted by atomic mass is 32.2. The average Bonchev–Trinajstić information content (AvgIpc) is 3.21. The van der Waals surface area contributed by atoms with Crippen LogP contribution in [0.15, 0.2) is 57.8 Å². The number of benzene rings is 1. The summed E-state index contributed by atoms with van der Waals surface area (Å²) in [4.78, 5) is 8.03. The molecule has 0 unspecified atom stereocenters. The zero-order valence-corrected chi connectivity index (χ0v) is 17.8. The third-order valence-corrected chi connectivity index (χ3v) is 6.11. The molecule has 3 aromatic heterocycles. The van der Waals surface area contributed by atoms with Crippen LogP contribution in [0.1, 0.15) is 18.2 Å². The maximum absolute atomic E-state index is 9.03. The van der Waals surface area contributed by atoms with E-state index < -0.39 is 0 Å². The van der Waals surface area contributed by atoms with Crippen LogP contribution in [-0.4, -0.2) is 66.9 Å². The largest absolute Gasteiger partial charge is 0.411 e. The zero-order valence-electron chi connectivity index (χ0n) is 17.0. The smallest absolute Gasteiger partial charge is 0.217 e. The molecule has 0 atom stereocenters. The Morgan fingerprint density at radius 3 is 2.87 bits per heavy atom. The molecule has 1 fully saturated rings. The third kappa shape index (κ3) is 4.22. The van der Waals surface area contributed by atoms with Crippen molar-refractivity contribution in [2.45, 2.75) is 23.5 Å². The quantitative estimate of drug-likeness (QED) is 0.290. The van der Waals surface area contributed by atoms with Crippen LogP contribution >= 0.6 is 11.8 Å². The molecule has 0 saturated carbocycles. The van der Waals surface area contributed by atoms with Crippen LogP contribution in [0.25, 0.3) is 16.6 Å². The second-order valence-electron chi connectivity index (χ2n) is 7.35. The van der Waals surface area contributed by atoms with E-state index in [0.717, 1.165) is 48.6 Å². The molecule has 10 heteroatoms. The Kier molecular flexibility index (Phi) is 5.49. The van der Waals surface area contributed by atoms with Gasteiger partial charge >= 0.3 is 0 Å². The van der Waals surface area contributed by atoms with Crippen LogP contribution in [-0.2, 0) is 11.3 Å². The van der Waals surface area contributed by atoms with Gasteiger partial charge in [-0.1, -0.05) is 5.16 Å². The summed E-state index contributed by atoms with van der Waals surface area (Å²) in [7, 11) is 0. The van der Waals surface area contributed by atoms with Crippen LogP contribution in [0.3, 0.4) is 0 Å². The molecule has 0 aliphatic carbocycles. The Balaban J connectivity index is 1.42. The van der Waals surface area contributed by atoms with Crippen molar-refractivity contribution in [3.05, 3.63) is 53.9 Å². The highest BCUT2D eigenvalue weighted by Gasteiger charge is 2.13. The SMILES string of the molecule is C/C(=N\O)c1ccc2nnc(Sc3ccc4ncc(CN5CCOCC5)cc4c3)n2n1. The molecule has 1 N–H and O–H groups in total. The molecule has 158 valence electrons. The van der Waals surface area contributed by atoms with Crippen molar-refractivity contribution in [3.63, 3.8) is 0 Å². The molecule has 4 heterocycles. The number of hydrogen-bond donors (Lipinski definition) is 1. The summed E-state index contributed by atoms with van der Waals surface area (Å²) >= 11 is 1.48. The molecule has 4 aromatic rings. The topological polar surface area (TPSA) is 101 Å². The van der Waals surface area contributed by atoms with Crippen LogP contribution < -0.4 is 0 Å². The standard InChI is InChI=1S/C21H21N7O2S/c1-14(26-29)18-4-5-20-23-24-21(28(20)25-18)31-17-2-3-19-16(11-17)10-15(12-22-19)13-27-6-8-30-9-7-27/h2-5,10-12,29H,6-9,13H2,1H3/b26-14+. The van der Waals surface area contributed by atoms with Crippen molar-refractivity contribution < 1.29 is 9.94 Å². The summed E-state index contributed by atoms with van der Waals surface area (Å²) in [5.41, 5.74) is 3.77. The van der Waals surface area contributed by atoms with Crippen LogP contribution in [0.2, 0.25) is 0 Å². The minimum atomic E-state index is 0.427. The zero-order chi connectivity index (χ0) is 21.2. The number of hydrogen-bond acceptors (Lipinski definition) is 9. The van der Waals surface area contributed by atoms with E-state index in [1.165, 1.54) is 17.3 Å². The summed E-state index contributed by atoms with van der Waals surface area (Å²) in [6.45, 7) is 6.03. The number of rotatable bonds is 5. The number of morpholine rings is 1. The van der Waals surface area contributed by atoms with Gasteiger partial charge in [0.2, 0.25) is 5.16 Å². The summed E-state index contributed by atoms with van der Waals surface area (Å²) in [5.74, 6) is 0. The van der Waals surface area contributed by atoms with Crippen molar-refractivity contribution in [2.75, 3.05) is 26.3 Å². The Morgan fingerprint density at radius 2 is 2.03 bits per heavy atom. The lowest BCUT2D eigenvalue weighted by atomic mass is 10.1. The lowest BCUT2D eigenvalue weighted by molar-refractivity contribution is 0.0341. The molecule has 1 aliphatic heterocycles. The van der Waals surface area contributed by atoms with Crippen LogP contribution in [0.5, 0.6) is 0 Å². The molecule has 0 bridgehead atoms. The molecule has 31 heavy (non-hydrogen) atoms. The van der Waals surface area contributed by atoms with Gasteiger partial charge in [-0.15, -0.1) is 10.2 Å². The fourth-order valence-electron chi connectivity index (χ4n) is 3.51. The average molecular weight is 436 g/mol. The van der Waals surface area contributed by atoms with E-state index in [0.29, 0.717) is 22.2 Å². The van der Waals surface area contributed by atoms with Gasteiger partial charge in [0.25, 0.3) is 0 Å². The number of aromatic nitrogens is 5. The fraction of sp³-hybridized carbons (Fsp3) is 0.286. The second kappa shape index (κ2) is 8.58. The third-order valence-electron chi connectivity index (χ3n) is 5.18. The number of nitrogens with zero attached hydrogens (tertiary/aromatic N) is 7. The van der Waals surface area contributed by atoms with Gasteiger partial charge in [-0.3, -0.25) is 9.88 Å². The number of ether oxygens (including phenoxy) is 1. The normalized spacial score (nSPS) is 15.7. The fourth-order valence-corrected chi connectivity index (χ4v) is 4.34. The second-order valence-corrected chi connectivity index (χ2v) is 8.39. The van der Waals surface area contributed by atoms with Crippen molar-refractivity contribution in [2.24, 2.45) is 5.16 Å². The highest BCUT2D eigenvalue weighted by Crippen LogP contribution is 2.29. The van der Waals surface area contributed by atoms with Crippen molar-refractivity contribution >= 4 is 34.0 Å². The van der Waals surface area contributed by atoms with Gasteiger partial charge in [-0.05, 0) is 60.6 Å². The molecule has 0 spiro atoms. The Bertz CT molecular complexity index is 1270. The number of oxime groups is 1. The molecule has 0 radical (unpaired) electrons. The maximum Gasteiger partial charge on any atom is 0.217 e. The first kappa shape index (κ1) is 19.9. The minimum Gasteiger partial charge on any atom is -0.411 e. The van der Waals surface area contributed by atoms with Gasteiger partial charge in [0.15, 0.2) is 5.65 Å². The Hall–Kier alpha value is -3.08. The molecule has 9 nitrogen and oxygen atoms in total. The van der Waals surface area contributed by atoms with Crippen LogP contribution in [0.4, 0.5) is 0 Å². The van der Waals surface area contributed by atoms with Crippen molar-refractivity contribution in [3.8, 4) is 0 Å². The number of pyridine rings is 1. The van der Waals surface area contributed by atoms with Gasteiger partial charge in [-0.2, -0.15) is 9.61 Å². The summed E-state index contributed by atoms with van der Waals surface area (Å²) in [6.07, 6.45) is 1.95. The van der Waals surface area contributed by atoms with E-state index >= 15 is 0 Å². The molecule has 1 aliphatic rings. The van der Waals surface area contributed by atoms with E-state index in [-0.39, 0.29) is 0 Å². The van der Waals surface area contributed by atoms with Crippen molar-refractivity contribution in [1.29, 1.82) is 0 Å². The molecule has 1 saturated heterocycles. The van der Waals surface area contributed by atoms with E-state index in [1.807, 2.05) is 18.3 Å². The Labute approximate surface area is 182 Å². The van der Waals surface area contributed by atoms with Gasteiger partial charge < -0.3 is 9.94 Å². The molecule has 0 amide bonds. The lowest BCUT2D eigenvalue weighted by Crippen LogP contribution is -2.35. The number of fused-ring (bicyclic) bond motifs is 2. The van der Waals surface area contributed by atoms with Gasteiger partial charge in [0.1, 0.15) is 11.4 Å². The lowest BCUT2D eigenvalue weighted by Gasteiger charge is -2.26. The van der Waals surface area contributed by atoms with Gasteiger partial charge in [0, 0.05) is 36.1 Å². The van der Waals surface area contributed by atoms with Crippen molar-refractivity contribution in [1.82, 2.24) is 29.7 Å². The van der Waals surface area contributed by atoms with Gasteiger partial charge in [0.05, 0.1) is 18.7 Å². The Morgan fingerprint density at radius 1 is 1.16 bits per heavy atom. The first-order chi connectivity index (χ1) is 15.2. The molecular formula is C21H21N7O2S. The molecule has 1 aromatic carbocycles. The first-order valence-corrected chi connectivity index (χ1v) is 10.8. The monoisotopic (exact) mass is 435 g/mol. The first-order valence-electron chi connectivity index (χ1n) is 9.98. The highest BCUT2D eigenvalue weighted by molar-refractivity contribution is 7.99. The summed E-state index contributed by atoms with van der Waals surface area (Å²) in [5, 5.41) is 26.9. The van der Waals surface area contributed by atoms with E-state index in [2.05, 4.69) is 42.5 Å². The maximum atomic E-state index is 9.03. The summed E-state index contributed by atoms with van der Waals surface area (Å²) < 4.78 is 7.09. The van der Waals surface area contributed by atoms with E-state index in [9.17, 15) is 0 Å². The molecular weight excluding hydrogens is 414 g/mol. The predicted molar refractivity (Wildman–Crippen MR) is 117 cm³/mol. The van der Waals surface area contributed by atoms with Gasteiger partial charge in [-0.25, -0.2) is 0 Å². The molecule has 5 rings (SSSR count). The van der Waals surface area contributed by atoms with Crippen LogP contribution in [0, 0.1) is 0 Å². The minimum absolute atomic E-state index is 0.427.